The molecule has 0 bridgehead atoms. The van der Waals surface area contributed by atoms with Crippen molar-refractivity contribution >= 4 is 35.5 Å². The minimum Gasteiger partial charge on any atom is -0.477 e. The summed E-state index contributed by atoms with van der Waals surface area (Å²) in [5.74, 6) is -2.69. The number of amides is 3. The van der Waals surface area contributed by atoms with Crippen LogP contribution in [-0.2, 0) is 25.7 Å². The quantitative estimate of drug-likeness (QED) is 0.363. The van der Waals surface area contributed by atoms with Crippen molar-refractivity contribution in [2.24, 2.45) is 17.6 Å². The number of carbonyl (C=O) groups is 4. The Kier molecular flexibility index (Phi) is 6.38. The first kappa shape index (κ1) is 23.2. The van der Waals surface area contributed by atoms with E-state index in [9.17, 15) is 24.3 Å². The number of hydrogen-bond donors (Lipinski definition) is 3. The Morgan fingerprint density at radius 3 is 2.79 bits per heavy atom. The standard InChI is InChI=1S/C19H26N8O5S/c1-9-15-14(10(2)22-12(28)7-26-8-21-23-24-26)18(30)27(15)16(19(31)32)17(9)33-11-3-4-25(6-11)13(29)5-20/h8-11,14-15H,3-7,20H2,1-2H3,(H,22,28)(H,31,32)/t9-,10?,11+,14-,15-/m1/s1. The Hall–Kier alpha value is -3.00. The van der Waals surface area contributed by atoms with E-state index in [4.69, 9.17) is 5.73 Å². The Morgan fingerprint density at radius 2 is 2.15 bits per heavy atom. The SMILES string of the molecule is CC(NC(=O)Cn1cnnn1)[C@H]1C(=O)N2C(C(=O)O)=C(S[C@H]3CCN(C(=O)CN)C3)[C@H](C)[C@H]12. The van der Waals surface area contributed by atoms with Crippen LogP contribution in [0.5, 0.6) is 0 Å². The first-order chi connectivity index (χ1) is 15.7. The van der Waals surface area contributed by atoms with Gasteiger partial charge in [0.1, 0.15) is 18.6 Å². The number of rotatable bonds is 8. The number of fused-ring (bicyclic) bond motifs is 1. The van der Waals surface area contributed by atoms with Crippen LogP contribution < -0.4 is 11.1 Å². The van der Waals surface area contributed by atoms with Crippen molar-refractivity contribution in [1.29, 1.82) is 0 Å². The molecule has 0 aromatic carbocycles. The summed E-state index contributed by atoms with van der Waals surface area (Å²) in [5.41, 5.74) is 5.46. The lowest BCUT2D eigenvalue weighted by molar-refractivity contribution is -0.158. The summed E-state index contributed by atoms with van der Waals surface area (Å²) in [6.07, 6.45) is 2.04. The van der Waals surface area contributed by atoms with Crippen molar-refractivity contribution in [1.82, 2.24) is 35.3 Å². The average molecular weight is 479 g/mol. The van der Waals surface area contributed by atoms with Gasteiger partial charge in [0, 0.05) is 35.2 Å². The van der Waals surface area contributed by atoms with Gasteiger partial charge in [-0.15, -0.1) is 16.9 Å². The lowest BCUT2D eigenvalue weighted by Gasteiger charge is -2.47. The maximum atomic E-state index is 13.0. The molecular weight excluding hydrogens is 452 g/mol. The van der Waals surface area contributed by atoms with E-state index in [0.717, 1.165) is 6.42 Å². The highest BCUT2D eigenvalue weighted by molar-refractivity contribution is 8.03. The number of thioether (sulfide) groups is 1. The molecule has 2 fully saturated rings. The van der Waals surface area contributed by atoms with E-state index in [0.29, 0.717) is 18.0 Å². The summed E-state index contributed by atoms with van der Waals surface area (Å²) in [7, 11) is 0. The number of likely N-dealkylation sites (tertiary alicyclic amines) is 1. The van der Waals surface area contributed by atoms with E-state index in [2.05, 4.69) is 20.8 Å². The van der Waals surface area contributed by atoms with Gasteiger partial charge in [0.15, 0.2) is 0 Å². The normalized spacial score (nSPS) is 27.4. The lowest BCUT2D eigenvalue weighted by atomic mass is 9.78. The first-order valence-corrected chi connectivity index (χ1v) is 11.6. The van der Waals surface area contributed by atoms with Crippen molar-refractivity contribution in [3.63, 3.8) is 0 Å². The lowest BCUT2D eigenvalue weighted by Crippen LogP contribution is -2.66. The highest BCUT2D eigenvalue weighted by Crippen LogP contribution is 2.51. The highest BCUT2D eigenvalue weighted by atomic mass is 32.2. The second-order valence-electron chi connectivity index (χ2n) is 8.47. The molecule has 1 aromatic heterocycles. The van der Waals surface area contributed by atoms with Crippen LogP contribution in [0.1, 0.15) is 20.3 Å². The third kappa shape index (κ3) is 4.19. The van der Waals surface area contributed by atoms with Crippen LogP contribution in [0.25, 0.3) is 0 Å². The minimum atomic E-state index is -1.15. The van der Waals surface area contributed by atoms with Crippen molar-refractivity contribution in [2.75, 3.05) is 19.6 Å². The molecule has 33 heavy (non-hydrogen) atoms. The number of carboxylic acids is 1. The number of β-lactam (4-membered cyclic amide) rings is 1. The van der Waals surface area contributed by atoms with Crippen molar-refractivity contribution in [3.05, 3.63) is 16.9 Å². The predicted molar refractivity (Wildman–Crippen MR) is 115 cm³/mol. The minimum absolute atomic E-state index is 0.00886. The van der Waals surface area contributed by atoms with Gasteiger partial charge in [-0.3, -0.25) is 14.4 Å². The molecule has 1 unspecified atom stereocenters. The van der Waals surface area contributed by atoms with Crippen LogP contribution in [0, 0.1) is 11.8 Å². The molecular formula is C19H26N8O5S. The summed E-state index contributed by atoms with van der Waals surface area (Å²) >= 11 is 1.43. The van der Waals surface area contributed by atoms with Crippen LogP contribution in [0.15, 0.2) is 16.9 Å². The maximum absolute atomic E-state index is 13.0. The number of carboxylic acid groups (broad SMARTS) is 1. The molecule has 14 heteroatoms. The molecule has 4 rings (SSSR count). The molecule has 178 valence electrons. The fraction of sp³-hybridized carbons (Fsp3) is 0.632. The Morgan fingerprint density at radius 1 is 1.39 bits per heavy atom. The van der Waals surface area contributed by atoms with Crippen molar-refractivity contribution in [2.45, 2.75) is 44.1 Å². The predicted octanol–water partition coefficient (Wildman–Crippen LogP) is -1.76. The summed E-state index contributed by atoms with van der Waals surface area (Å²) in [6.45, 7) is 4.58. The topological polar surface area (TPSA) is 177 Å². The van der Waals surface area contributed by atoms with Crippen LogP contribution >= 0.6 is 11.8 Å². The third-order valence-electron chi connectivity index (χ3n) is 6.38. The number of nitrogens with zero attached hydrogens (tertiary/aromatic N) is 6. The van der Waals surface area contributed by atoms with Crippen LogP contribution in [-0.4, -0.2) is 95.8 Å². The summed E-state index contributed by atoms with van der Waals surface area (Å²) in [6, 6.07) is -0.841. The Bertz CT molecular complexity index is 998. The van der Waals surface area contributed by atoms with Crippen molar-refractivity contribution in [3.8, 4) is 0 Å². The second-order valence-corrected chi connectivity index (χ2v) is 9.81. The molecule has 0 aliphatic carbocycles. The highest BCUT2D eigenvalue weighted by Gasteiger charge is 2.60. The second kappa shape index (κ2) is 9.09. The van der Waals surface area contributed by atoms with Gasteiger partial charge < -0.3 is 26.0 Å². The van der Waals surface area contributed by atoms with E-state index in [1.165, 1.54) is 27.7 Å². The molecule has 4 heterocycles. The summed E-state index contributed by atoms with van der Waals surface area (Å²) < 4.78 is 1.27. The summed E-state index contributed by atoms with van der Waals surface area (Å²) in [5, 5.41) is 23.3. The van der Waals surface area contributed by atoms with Crippen LogP contribution in [0.2, 0.25) is 0 Å². The van der Waals surface area contributed by atoms with Gasteiger partial charge in [0.05, 0.1) is 18.5 Å². The molecule has 2 saturated heterocycles. The molecule has 0 saturated carbocycles. The van der Waals surface area contributed by atoms with Gasteiger partial charge in [0.2, 0.25) is 17.7 Å². The monoisotopic (exact) mass is 478 g/mol. The first-order valence-electron chi connectivity index (χ1n) is 10.7. The van der Waals surface area contributed by atoms with Gasteiger partial charge in [-0.05, 0) is 23.8 Å². The zero-order valence-electron chi connectivity index (χ0n) is 18.2. The molecule has 3 amide bonds. The number of carbonyl (C=O) groups excluding carboxylic acids is 3. The van der Waals surface area contributed by atoms with Crippen LogP contribution in [0.4, 0.5) is 0 Å². The molecule has 3 aliphatic rings. The zero-order chi connectivity index (χ0) is 23.9. The largest absolute Gasteiger partial charge is 0.477 e. The van der Waals surface area contributed by atoms with Gasteiger partial charge in [-0.25, -0.2) is 9.48 Å². The van der Waals surface area contributed by atoms with Crippen molar-refractivity contribution < 1.29 is 24.3 Å². The molecule has 3 aliphatic heterocycles. The van der Waals surface area contributed by atoms with E-state index in [1.807, 2.05) is 6.92 Å². The summed E-state index contributed by atoms with van der Waals surface area (Å²) in [4.78, 5) is 52.9. The number of aromatic nitrogens is 4. The fourth-order valence-corrected chi connectivity index (χ4v) is 6.33. The fourth-order valence-electron chi connectivity index (χ4n) is 4.85. The molecule has 5 atom stereocenters. The number of tetrazole rings is 1. The van der Waals surface area contributed by atoms with Gasteiger partial charge in [-0.2, -0.15) is 0 Å². The molecule has 1 aromatic rings. The molecule has 4 N–H and O–H groups in total. The molecule has 0 radical (unpaired) electrons. The van der Waals surface area contributed by atoms with E-state index in [-0.39, 0.29) is 53.7 Å². The van der Waals surface area contributed by atoms with Gasteiger partial charge >= 0.3 is 5.97 Å². The Balaban J connectivity index is 1.45. The van der Waals surface area contributed by atoms with Gasteiger partial charge in [0.25, 0.3) is 0 Å². The number of nitrogens with one attached hydrogen (secondary N) is 1. The van der Waals surface area contributed by atoms with E-state index >= 15 is 0 Å². The number of hydrogen-bond acceptors (Lipinski definition) is 9. The van der Waals surface area contributed by atoms with Crippen LogP contribution in [0.3, 0.4) is 0 Å². The maximum Gasteiger partial charge on any atom is 0.353 e. The third-order valence-corrected chi connectivity index (χ3v) is 7.92. The van der Waals surface area contributed by atoms with E-state index in [1.54, 1.807) is 11.8 Å². The number of aliphatic carboxylic acids is 1. The van der Waals surface area contributed by atoms with E-state index < -0.39 is 17.9 Å². The molecule has 13 nitrogen and oxygen atoms in total. The zero-order valence-corrected chi connectivity index (χ0v) is 19.1. The molecule has 0 spiro atoms. The number of nitrogens with two attached hydrogens (primary N) is 1. The average Bonchev–Trinajstić information content (AvgIpc) is 3.48. The van der Waals surface area contributed by atoms with Gasteiger partial charge in [-0.1, -0.05) is 6.92 Å². The Labute approximate surface area is 193 Å². The smallest absolute Gasteiger partial charge is 0.353 e.